The van der Waals surface area contributed by atoms with Crippen molar-refractivity contribution < 1.29 is 9.53 Å². The fourth-order valence-electron chi connectivity index (χ4n) is 2.47. The van der Waals surface area contributed by atoms with E-state index in [1.807, 2.05) is 11.8 Å². The summed E-state index contributed by atoms with van der Waals surface area (Å²) >= 11 is 0. The van der Waals surface area contributed by atoms with Crippen LogP contribution in [0.2, 0.25) is 0 Å². The molecule has 2 aliphatic rings. The zero-order chi connectivity index (χ0) is 12.3. The van der Waals surface area contributed by atoms with Gasteiger partial charge in [-0.1, -0.05) is 0 Å². The van der Waals surface area contributed by atoms with Crippen molar-refractivity contribution in [3.8, 4) is 6.07 Å². The Balaban J connectivity index is 1.80. The minimum Gasteiger partial charge on any atom is -0.378 e. The summed E-state index contributed by atoms with van der Waals surface area (Å²) in [7, 11) is 0. The molecule has 5 heteroatoms. The molecule has 0 aliphatic carbocycles. The molecule has 0 aromatic carbocycles. The Labute approximate surface area is 102 Å². The lowest BCUT2D eigenvalue weighted by molar-refractivity contribution is -0.137. The summed E-state index contributed by atoms with van der Waals surface area (Å²) in [5.74, 6) is 0.276. The second-order valence-electron chi connectivity index (χ2n) is 4.84. The predicted octanol–water partition coefficient (Wildman–Crippen LogP) is 0.0792. The lowest BCUT2D eigenvalue weighted by Crippen LogP contribution is -2.50. The van der Waals surface area contributed by atoms with Crippen molar-refractivity contribution in [3.05, 3.63) is 0 Å². The van der Waals surface area contributed by atoms with E-state index in [4.69, 9.17) is 10.00 Å². The Morgan fingerprint density at radius 2 is 2.12 bits per heavy atom. The van der Waals surface area contributed by atoms with Gasteiger partial charge in [0.1, 0.15) is 0 Å². The number of piperazine rings is 1. The second kappa shape index (κ2) is 5.48. The van der Waals surface area contributed by atoms with Crippen molar-refractivity contribution in [1.29, 1.82) is 5.26 Å². The SMILES string of the molecule is CC1CC(C(=O)N2CCN(CC#N)CC2)CO1. The number of carbonyl (C=O) groups excluding carboxylic acids is 1. The third-order valence-corrected chi connectivity index (χ3v) is 3.53. The first-order valence-electron chi connectivity index (χ1n) is 6.20. The van der Waals surface area contributed by atoms with Crippen molar-refractivity contribution in [2.45, 2.75) is 19.4 Å². The molecule has 17 heavy (non-hydrogen) atoms. The van der Waals surface area contributed by atoms with Gasteiger partial charge in [0.25, 0.3) is 0 Å². The summed E-state index contributed by atoms with van der Waals surface area (Å²) in [4.78, 5) is 16.2. The quantitative estimate of drug-likeness (QED) is 0.638. The topological polar surface area (TPSA) is 56.6 Å². The largest absolute Gasteiger partial charge is 0.378 e. The van der Waals surface area contributed by atoms with Gasteiger partial charge in [0.15, 0.2) is 0 Å². The van der Waals surface area contributed by atoms with E-state index >= 15 is 0 Å². The van der Waals surface area contributed by atoms with Gasteiger partial charge in [-0.2, -0.15) is 5.26 Å². The van der Waals surface area contributed by atoms with E-state index in [9.17, 15) is 4.79 Å². The zero-order valence-electron chi connectivity index (χ0n) is 10.3. The fourth-order valence-corrected chi connectivity index (χ4v) is 2.47. The molecule has 1 amide bonds. The van der Waals surface area contributed by atoms with Crippen LogP contribution in [0, 0.1) is 17.2 Å². The van der Waals surface area contributed by atoms with Crippen LogP contribution in [0.25, 0.3) is 0 Å². The summed E-state index contributed by atoms with van der Waals surface area (Å²) in [6.45, 7) is 6.14. The minimum absolute atomic E-state index is 0.0486. The number of nitrogens with zero attached hydrogens (tertiary/aromatic N) is 3. The fraction of sp³-hybridized carbons (Fsp3) is 0.833. The van der Waals surface area contributed by atoms with Crippen molar-refractivity contribution in [3.63, 3.8) is 0 Å². The number of hydrogen-bond acceptors (Lipinski definition) is 4. The highest BCUT2D eigenvalue weighted by molar-refractivity contribution is 5.79. The molecular weight excluding hydrogens is 218 g/mol. The molecule has 5 nitrogen and oxygen atoms in total. The number of rotatable bonds is 2. The van der Waals surface area contributed by atoms with E-state index in [-0.39, 0.29) is 17.9 Å². The van der Waals surface area contributed by atoms with Gasteiger partial charge >= 0.3 is 0 Å². The van der Waals surface area contributed by atoms with E-state index in [1.165, 1.54) is 0 Å². The van der Waals surface area contributed by atoms with E-state index in [0.29, 0.717) is 13.2 Å². The molecule has 2 heterocycles. The van der Waals surface area contributed by atoms with Crippen molar-refractivity contribution in [2.24, 2.45) is 5.92 Å². The monoisotopic (exact) mass is 237 g/mol. The second-order valence-corrected chi connectivity index (χ2v) is 4.84. The first-order chi connectivity index (χ1) is 8.20. The summed E-state index contributed by atoms with van der Waals surface area (Å²) in [6.07, 6.45) is 1.06. The maximum absolute atomic E-state index is 12.2. The molecule has 2 rings (SSSR count). The first-order valence-corrected chi connectivity index (χ1v) is 6.20. The van der Waals surface area contributed by atoms with Gasteiger partial charge in [-0.25, -0.2) is 0 Å². The van der Waals surface area contributed by atoms with Crippen LogP contribution < -0.4 is 0 Å². The maximum Gasteiger partial charge on any atom is 0.228 e. The molecule has 2 atom stereocenters. The lowest BCUT2D eigenvalue weighted by Gasteiger charge is -2.34. The van der Waals surface area contributed by atoms with Crippen LogP contribution in [0.4, 0.5) is 0 Å². The van der Waals surface area contributed by atoms with Gasteiger partial charge in [0, 0.05) is 26.2 Å². The molecule has 0 bridgehead atoms. The third kappa shape index (κ3) is 2.96. The summed E-state index contributed by atoms with van der Waals surface area (Å²) in [5, 5.41) is 8.61. The number of nitriles is 1. The van der Waals surface area contributed by atoms with E-state index in [1.54, 1.807) is 0 Å². The van der Waals surface area contributed by atoms with Gasteiger partial charge in [-0.3, -0.25) is 9.69 Å². The molecule has 0 aromatic heterocycles. The van der Waals surface area contributed by atoms with Crippen LogP contribution in [0.3, 0.4) is 0 Å². The average Bonchev–Trinajstić information content (AvgIpc) is 2.76. The van der Waals surface area contributed by atoms with Crippen molar-refractivity contribution >= 4 is 5.91 Å². The van der Waals surface area contributed by atoms with E-state index < -0.39 is 0 Å². The van der Waals surface area contributed by atoms with Gasteiger partial charge in [0.05, 0.1) is 31.2 Å². The van der Waals surface area contributed by atoms with Crippen molar-refractivity contribution in [2.75, 3.05) is 39.3 Å². The van der Waals surface area contributed by atoms with E-state index in [0.717, 1.165) is 32.6 Å². The Kier molecular flexibility index (Phi) is 3.97. The first kappa shape index (κ1) is 12.3. The number of ether oxygens (including phenoxy) is 1. The molecule has 2 fully saturated rings. The molecule has 0 spiro atoms. The molecular formula is C12H19N3O2. The van der Waals surface area contributed by atoms with E-state index in [2.05, 4.69) is 11.0 Å². The molecule has 94 valence electrons. The Morgan fingerprint density at radius 1 is 1.41 bits per heavy atom. The van der Waals surface area contributed by atoms with Gasteiger partial charge in [-0.15, -0.1) is 0 Å². The van der Waals surface area contributed by atoms with Gasteiger partial charge < -0.3 is 9.64 Å². The standard InChI is InChI=1S/C12H19N3O2/c1-10-8-11(9-17-10)12(16)15-6-4-14(3-2-13)5-7-15/h10-11H,3-9H2,1H3. The van der Waals surface area contributed by atoms with Crippen LogP contribution in [0.15, 0.2) is 0 Å². The molecule has 0 aromatic rings. The zero-order valence-corrected chi connectivity index (χ0v) is 10.3. The van der Waals surface area contributed by atoms with Crippen LogP contribution in [-0.4, -0.2) is 61.1 Å². The van der Waals surface area contributed by atoms with Crippen LogP contribution in [0.1, 0.15) is 13.3 Å². The van der Waals surface area contributed by atoms with Crippen LogP contribution in [0.5, 0.6) is 0 Å². The Hall–Kier alpha value is -1.12. The predicted molar refractivity (Wildman–Crippen MR) is 62.2 cm³/mol. The lowest BCUT2D eigenvalue weighted by atomic mass is 10.0. The minimum atomic E-state index is 0.0486. The highest BCUT2D eigenvalue weighted by Crippen LogP contribution is 2.21. The Bertz CT molecular complexity index is 318. The molecule has 0 saturated carbocycles. The average molecular weight is 237 g/mol. The molecule has 0 radical (unpaired) electrons. The smallest absolute Gasteiger partial charge is 0.228 e. The van der Waals surface area contributed by atoms with Crippen molar-refractivity contribution in [1.82, 2.24) is 9.80 Å². The Morgan fingerprint density at radius 3 is 2.65 bits per heavy atom. The number of carbonyl (C=O) groups is 1. The molecule has 2 aliphatic heterocycles. The highest BCUT2D eigenvalue weighted by atomic mass is 16.5. The van der Waals surface area contributed by atoms with Gasteiger partial charge in [-0.05, 0) is 13.3 Å². The molecule has 2 saturated heterocycles. The third-order valence-electron chi connectivity index (χ3n) is 3.53. The summed E-state index contributed by atoms with van der Waals surface area (Å²) in [5.41, 5.74) is 0. The molecule has 2 unspecified atom stereocenters. The van der Waals surface area contributed by atoms with Gasteiger partial charge in [0.2, 0.25) is 5.91 Å². The summed E-state index contributed by atoms with van der Waals surface area (Å²) < 4.78 is 5.44. The van der Waals surface area contributed by atoms with Crippen LogP contribution in [-0.2, 0) is 9.53 Å². The summed E-state index contributed by atoms with van der Waals surface area (Å²) in [6, 6.07) is 2.14. The number of amides is 1. The maximum atomic E-state index is 12.2. The molecule has 0 N–H and O–H groups in total. The normalized spacial score (nSPS) is 30.2. The highest BCUT2D eigenvalue weighted by Gasteiger charge is 2.32. The number of hydrogen-bond donors (Lipinski definition) is 0. The van der Waals surface area contributed by atoms with Crippen LogP contribution >= 0.6 is 0 Å².